The van der Waals surface area contributed by atoms with Gasteiger partial charge in [-0.05, 0) is 41.5 Å². The van der Waals surface area contributed by atoms with E-state index < -0.39 is 16.3 Å². The average Bonchev–Trinajstić information content (AvgIpc) is 2.61. The highest BCUT2D eigenvalue weighted by Crippen LogP contribution is 2.27. The number of hydrogen-bond donors (Lipinski definition) is 1. The Morgan fingerprint density at radius 1 is 1.08 bits per heavy atom. The normalized spacial score (nSPS) is 10.2. The zero-order valence-corrected chi connectivity index (χ0v) is 12.7. The summed E-state index contributed by atoms with van der Waals surface area (Å²) in [4.78, 5) is 25.0. The first kappa shape index (κ1) is 16.1. The average molecular weight is 335 g/mol. The first-order valence-electron chi connectivity index (χ1n) is 7.18. The van der Waals surface area contributed by atoms with Gasteiger partial charge in [-0.1, -0.05) is 12.1 Å². The van der Waals surface area contributed by atoms with Crippen LogP contribution in [0.25, 0.3) is 22.4 Å². The quantitative estimate of drug-likeness (QED) is 0.583. The van der Waals surface area contributed by atoms with Gasteiger partial charge in [0, 0.05) is 23.4 Å². The zero-order valence-electron chi connectivity index (χ0n) is 12.7. The van der Waals surface area contributed by atoms with Crippen LogP contribution in [0.4, 0.5) is 10.1 Å². The molecule has 122 valence electrons. The summed E-state index contributed by atoms with van der Waals surface area (Å²) in [5.41, 5.74) is 0.770. The van der Waals surface area contributed by atoms with Crippen molar-refractivity contribution in [2.45, 2.75) is 0 Å². The van der Waals surface area contributed by atoms with E-state index in [4.69, 9.17) is 0 Å². The minimum absolute atomic E-state index is 0.0786. The fourth-order valence-electron chi connectivity index (χ4n) is 2.47. The van der Waals surface area contributed by atoms with Crippen LogP contribution in [0, 0.1) is 27.3 Å². The van der Waals surface area contributed by atoms with Crippen LogP contribution < -0.4 is 5.56 Å². The molecule has 0 spiro atoms. The van der Waals surface area contributed by atoms with Crippen LogP contribution in [-0.2, 0) is 0 Å². The number of nitriles is 1. The van der Waals surface area contributed by atoms with Crippen LogP contribution in [0.2, 0.25) is 0 Å². The first-order valence-corrected chi connectivity index (χ1v) is 7.18. The van der Waals surface area contributed by atoms with Crippen molar-refractivity contribution in [3.8, 4) is 28.5 Å². The van der Waals surface area contributed by atoms with E-state index >= 15 is 0 Å². The van der Waals surface area contributed by atoms with Crippen LogP contribution in [0.1, 0.15) is 5.56 Å². The summed E-state index contributed by atoms with van der Waals surface area (Å²) in [5, 5.41) is 20.0. The third-order valence-electron chi connectivity index (χ3n) is 3.67. The number of halogens is 1. The Morgan fingerprint density at radius 2 is 1.80 bits per heavy atom. The molecular weight excluding hydrogens is 325 g/mol. The minimum Gasteiger partial charge on any atom is -0.321 e. The summed E-state index contributed by atoms with van der Waals surface area (Å²) in [6.45, 7) is 0. The van der Waals surface area contributed by atoms with Crippen LogP contribution >= 0.6 is 0 Å². The lowest BCUT2D eigenvalue weighted by molar-refractivity contribution is -0.384. The van der Waals surface area contributed by atoms with Gasteiger partial charge in [0.1, 0.15) is 17.4 Å². The fraction of sp³-hybridized carbons (Fsp3) is 0. The molecule has 0 unspecified atom stereocenters. The molecule has 1 heterocycles. The highest BCUT2D eigenvalue weighted by atomic mass is 19.1. The number of nitro groups is 1. The van der Waals surface area contributed by atoms with Crippen LogP contribution in [0.3, 0.4) is 0 Å². The molecule has 3 aromatic rings. The summed E-state index contributed by atoms with van der Waals surface area (Å²) < 4.78 is 13.5. The standard InChI is InChI=1S/C18H10FN3O3/c19-13-3-1-2-12(8-13)15-9-17(21-18(23)16(15)10-20)11-4-6-14(7-5-11)22(24)25/h1-9H,(H,21,23). The molecule has 0 atom stereocenters. The number of pyridine rings is 1. The van der Waals surface area contributed by atoms with E-state index in [1.807, 2.05) is 6.07 Å². The highest BCUT2D eigenvalue weighted by Gasteiger charge is 2.14. The predicted molar refractivity (Wildman–Crippen MR) is 89.3 cm³/mol. The van der Waals surface area contributed by atoms with Gasteiger partial charge in [0.15, 0.2) is 0 Å². The second kappa shape index (κ2) is 6.37. The monoisotopic (exact) mass is 335 g/mol. The van der Waals surface area contributed by atoms with E-state index in [2.05, 4.69) is 4.98 Å². The number of nitro benzene ring substituents is 1. The van der Waals surface area contributed by atoms with Crippen LogP contribution in [0.5, 0.6) is 0 Å². The van der Waals surface area contributed by atoms with Gasteiger partial charge < -0.3 is 4.98 Å². The van der Waals surface area contributed by atoms with Gasteiger partial charge in [0.2, 0.25) is 0 Å². The number of aromatic amines is 1. The summed E-state index contributed by atoms with van der Waals surface area (Å²) >= 11 is 0. The van der Waals surface area contributed by atoms with Gasteiger partial charge in [0.05, 0.1) is 4.92 Å². The molecule has 0 radical (unpaired) electrons. The Labute approximate surface area is 141 Å². The number of hydrogen-bond acceptors (Lipinski definition) is 4. The summed E-state index contributed by atoms with van der Waals surface area (Å²) in [5.74, 6) is -0.487. The molecular formula is C18H10FN3O3. The Hall–Kier alpha value is -3.79. The van der Waals surface area contributed by atoms with Crippen molar-refractivity contribution in [2.24, 2.45) is 0 Å². The van der Waals surface area contributed by atoms with Gasteiger partial charge in [-0.3, -0.25) is 14.9 Å². The van der Waals surface area contributed by atoms with E-state index in [1.54, 1.807) is 12.1 Å². The number of aromatic nitrogens is 1. The lowest BCUT2D eigenvalue weighted by Gasteiger charge is -2.08. The predicted octanol–water partition coefficient (Wildman–Crippen LogP) is 3.63. The van der Waals surface area contributed by atoms with E-state index in [9.17, 15) is 24.6 Å². The Bertz CT molecular complexity index is 1070. The Morgan fingerprint density at radius 3 is 2.40 bits per heavy atom. The largest absolute Gasteiger partial charge is 0.321 e. The lowest BCUT2D eigenvalue weighted by atomic mass is 9.99. The maximum atomic E-state index is 13.5. The summed E-state index contributed by atoms with van der Waals surface area (Å²) in [7, 11) is 0. The summed E-state index contributed by atoms with van der Waals surface area (Å²) in [6.07, 6.45) is 0. The van der Waals surface area contributed by atoms with Crippen molar-refractivity contribution in [3.63, 3.8) is 0 Å². The number of non-ortho nitro benzene ring substituents is 1. The van der Waals surface area contributed by atoms with Crippen LogP contribution in [0.15, 0.2) is 59.4 Å². The van der Waals surface area contributed by atoms with Crippen LogP contribution in [-0.4, -0.2) is 9.91 Å². The fourth-order valence-corrected chi connectivity index (χ4v) is 2.47. The van der Waals surface area contributed by atoms with E-state index in [1.165, 1.54) is 42.5 Å². The molecule has 25 heavy (non-hydrogen) atoms. The molecule has 6 nitrogen and oxygen atoms in total. The molecule has 0 aliphatic rings. The topological polar surface area (TPSA) is 99.8 Å². The smallest absolute Gasteiger partial charge is 0.269 e. The zero-order chi connectivity index (χ0) is 18.0. The third kappa shape index (κ3) is 3.14. The number of benzene rings is 2. The molecule has 7 heteroatoms. The van der Waals surface area contributed by atoms with Gasteiger partial charge in [0.25, 0.3) is 11.2 Å². The highest BCUT2D eigenvalue weighted by molar-refractivity contribution is 5.75. The molecule has 3 rings (SSSR count). The number of H-pyrrole nitrogens is 1. The Balaban J connectivity index is 2.18. The number of nitrogens with one attached hydrogen (secondary N) is 1. The minimum atomic E-state index is -0.613. The van der Waals surface area contributed by atoms with Crippen molar-refractivity contribution in [1.29, 1.82) is 5.26 Å². The van der Waals surface area contributed by atoms with E-state index in [0.29, 0.717) is 22.4 Å². The van der Waals surface area contributed by atoms with Crippen molar-refractivity contribution < 1.29 is 9.31 Å². The van der Waals surface area contributed by atoms with Gasteiger partial charge in [-0.15, -0.1) is 0 Å². The van der Waals surface area contributed by atoms with Gasteiger partial charge in [-0.2, -0.15) is 5.26 Å². The van der Waals surface area contributed by atoms with Gasteiger partial charge in [-0.25, -0.2) is 4.39 Å². The third-order valence-corrected chi connectivity index (χ3v) is 3.67. The first-order chi connectivity index (χ1) is 12.0. The van der Waals surface area contributed by atoms with Crippen molar-refractivity contribution in [3.05, 3.63) is 86.4 Å². The Kier molecular flexibility index (Phi) is 4.10. The maximum Gasteiger partial charge on any atom is 0.269 e. The SMILES string of the molecule is N#Cc1c(-c2cccc(F)c2)cc(-c2ccc([N+](=O)[O-])cc2)[nH]c1=O. The van der Waals surface area contributed by atoms with Crippen molar-refractivity contribution >= 4 is 5.69 Å². The molecule has 0 saturated heterocycles. The molecule has 2 aromatic carbocycles. The summed E-state index contributed by atoms with van der Waals surface area (Å²) in [6, 6.07) is 14.6. The van der Waals surface area contributed by atoms with E-state index in [-0.39, 0.29) is 11.3 Å². The maximum absolute atomic E-state index is 13.5. The van der Waals surface area contributed by atoms with Gasteiger partial charge >= 0.3 is 0 Å². The molecule has 0 amide bonds. The van der Waals surface area contributed by atoms with E-state index in [0.717, 1.165) is 0 Å². The van der Waals surface area contributed by atoms with Crippen molar-refractivity contribution in [2.75, 3.05) is 0 Å². The molecule has 0 bridgehead atoms. The van der Waals surface area contributed by atoms with Crippen molar-refractivity contribution in [1.82, 2.24) is 4.98 Å². The molecule has 1 aromatic heterocycles. The molecule has 0 aliphatic carbocycles. The lowest BCUT2D eigenvalue weighted by Crippen LogP contribution is -2.12. The number of rotatable bonds is 3. The molecule has 0 saturated carbocycles. The molecule has 0 fully saturated rings. The molecule has 1 N–H and O–H groups in total. The number of nitrogens with zero attached hydrogens (tertiary/aromatic N) is 2. The second-order valence-corrected chi connectivity index (χ2v) is 5.23. The second-order valence-electron chi connectivity index (χ2n) is 5.23. The molecule has 0 aliphatic heterocycles.